The van der Waals surface area contributed by atoms with Crippen LogP contribution < -0.4 is 4.74 Å². The summed E-state index contributed by atoms with van der Waals surface area (Å²) in [5, 5.41) is 9.85. The van der Waals surface area contributed by atoms with Crippen molar-refractivity contribution in [2.75, 3.05) is 20.2 Å². The number of methoxy groups -OCH3 is 1. The largest absolute Gasteiger partial charge is 0.503 e. The molecule has 2 atom stereocenters. The summed E-state index contributed by atoms with van der Waals surface area (Å²) in [6.07, 6.45) is 0.304. The van der Waals surface area contributed by atoms with Gasteiger partial charge < -0.3 is 19.5 Å². The first-order chi connectivity index (χ1) is 9.42. The van der Waals surface area contributed by atoms with Crippen molar-refractivity contribution < 1.29 is 14.6 Å². The summed E-state index contributed by atoms with van der Waals surface area (Å²) in [5.74, 6) is 0.494. The van der Waals surface area contributed by atoms with Gasteiger partial charge in [-0.05, 0) is 41.9 Å². The highest BCUT2D eigenvalue weighted by molar-refractivity contribution is 9.10. The van der Waals surface area contributed by atoms with Crippen LogP contribution in [0.5, 0.6) is 11.5 Å². The van der Waals surface area contributed by atoms with E-state index in [9.17, 15) is 5.11 Å². The second kappa shape index (κ2) is 6.28. The Labute approximate surface area is 132 Å². The molecule has 1 heterocycles. The second-order valence-corrected chi connectivity index (χ2v) is 6.22. The molecule has 0 saturated carbocycles. The van der Waals surface area contributed by atoms with E-state index in [1.54, 1.807) is 6.07 Å². The van der Waals surface area contributed by atoms with Gasteiger partial charge in [-0.25, -0.2) is 0 Å². The Morgan fingerprint density at radius 2 is 2.00 bits per heavy atom. The topological polar surface area (TPSA) is 41.9 Å². The average molecular weight is 360 g/mol. The monoisotopic (exact) mass is 359 g/mol. The van der Waals surface area contributed by atoms with Gasteiger partial charge in [-0.3, -0.25) is 0 Å². The Morgan fingerprint density at radius 1 is 1.40 bits per heavy atom. The smallest absolute Gasteiger partial charge is 0.172 e. The third-order valence-corrected chi connectivity index (χ3v) is 4.30. The molecule has 0 spiro atoms. The van der Waals surface area contributed by atoms with Crippen LogP contribution in [0.4, 0.5) is 0 Å². The predicted molar refractivity (Wildman–Crippen MR) is 85.6 cm³/mol. The summed E-state index contributed by atoms with van der Waals surface area (Å²) >= 11 is 8.89. The highest BCUT2D eigenvalue weighted by Crippen LogP contribution is 2.35. The lowest BCUT2D eigenvalue weighted by Gasteiger charge is -2.37. The Bertz CT molecular complexity index is 513. The lowest BCUT2D eigenvalue weighted by Crippen LogP contribution is -2.47. The van der Waals surface area contributed by atoms with Crippen molar-refractivity contribution in [2.45, 2.75) is 26.1 Å². The zero-order chi connectivity index (χ0) is 14.9. The number of thiocarbonyl (C=S) groups is 1. The fraction of sp³-hybridized carbons (Fsp3) is 0.500. The SMILES string of the molecule is COc1cc(C(=S)N2C[C@@H](C)O[C@H](C)C2)cc(Br)c1O. The van der Waals surface area contributed by atoms with E-state index in [4.69, 9.17) is 21.7 Å². The first-order valence-corrected chi connectivity index (χ1v) is 7.63. The fourth-order valence-corrected chi connectivity index (χ4v) is 3.09. The van der Waals surface area contributed by atoms with E-state index in [1.165, 1.54) is 7.11 Å². The maximum atomic E-state index is 9.85. The van der Waals surface area contributed by atoms with Gasteiger partial charge in [0.15, 0.2) is 11.5 Å². The van der Waals surface area contributed by atoms with Crippen LogP contribution in [0.25, 0.3) is 0 Å². The number of aromatic hydroxyl groups is 1. The van der Waals surface area contributed by atoms with Crippen LogP contribution >= 0.6 is 28.1 Å². The summed E-state index contributed by atoms with van der Waals surface area (Å²) in [7, 11) is 1.52. The summed E-state index contributed by atoms with van der Waals surface area (Å²) in [5.41, 5.74) is 0.850. The molecule has 2 rings (SSSR count). The molecule has 0 aromatic heterocycles. The van der Waals surface area contributed by atoms with Crippen molar-refractivity contribution in [3.63, 3.8) is 0 Å². The third-order valence-electron chi connectivity index (χ3n) is 3.20. The van der Waals surface area contributed by atoms with E-state index in [0.29, 0.717) is 10.2 Å². The molecular formula is C14H18BrNO3S. The van der Waals surface area contributed by atoms with Crippen molar-refractivity contribution in [1.82, 2.24) is 4.90 Å². The molecule has 0 aliphatic carbocycles. The predicted octanol–water partition coefficient (Wildman–Crippen LogP) is 2.95. The molecule has 0 unspecified atom stereocenters. The van der Waals surface area contributed by atoms with Crippen LogP contribution in [0.15, 0.2) is 16.6 Å². The van der Waals surface area contributed by atoms with Crippen molar-refractivity contribution in [3.05, 3.63) is 22.2 Å². The second-order valence-electron chi connectivity index (χ2n) is 4.98. The van der Waals surface area contributed by atoms with Gasteiger partial charge in [0.05, 0.1) is 23.8 Å². The number of phenols is 1. The van der Waals surface area contributed by atoms with E-state index in [2.05, 4.69) is 20.8 Å². The summed E-state index contributed by atoms with van der Waals surface area (Å²) in [4.78, 5) is 2.87. The number of morpholine rings is 1. The van der Waals surface area contributed by atoms with Crippen molar-refractivity contribution in [1.29, 1.82) is 0 Å². The standard InChI is InChI=1S/C14H18BrNO3S/c1-8-6-16(7-9(2)19-8)14(20)10-4-11(15)13(17)12(5-10)18-3/h4-5,8-9,17H,6-7H2,1-3H3/t8-,9-/m1/s1. The van der Waals surface area contributed by atoms with Gasteiger partial charge in [0, 0.05) is 18.7 Å². The van der Waals surface area contributed by atoms with Gasteiger partial charge in [-0.2, -0.15) is 0 Å². The maximum absolute atomic E-state index is 9.85. The first kappa shape index (κ1) is 15.5. The third kappa shape index (κ3) is 3.24. The average Bonchev–Trinajstić information content (AvgIpc) is 2.39. The Morgan fingerprint density at radius 3 is 2.55 bits per heavy atom. The highest BCUT2D eigenvalue weighted by atomic mass is 79.9. The van der Waals surface area contributed by atoms with Crippen LogP contribution in [0.2, 0.25) is 0 Å². The van der Waals surface area contributed by atoms with Crippen LogP contribution in [-0.4, -0.2) is 47.4 Å². The summed E-state index contributed by atoms with van der Waals surface area (Å²) in [6, 6.07) is 3.57. The van der Waals surface area contributed by atoms with Gasteiger partial charge in [0.25, 0.3) is 0 Å². The molecule has 1 saturated heterocycles. The Kier molecular flexibility index (Phi) is 4.88. The van der Waals surface area contributed by atoms with Gasteiger partial charge in [-0.15, -0.1) is 0 Å². The number of hydrogen-bond donors (Lipinski definition) is 1. The molecule has 1 aromatic carbocycles. The minimum Gasteiger partial charge on any atom is -0.503 e. The highest BCUT2D eigenvalue weighted by Gasteiger charge is 2.25. The maximum Gasteiger partial charge on any atom is 0.172 e. The van der Waals surface area contributed by atoms with Crippen molar-refractivity contribution in [3.8, 4) is 11.5 Å². The molecule has 6 heteroatoms. The quantitative estimate of drug-likeness (QED) is 0.822. The normalized spacial score (nSPS) is 22.7. The van der Waals surface area contributed by atoms with Crippen molar-refractivity contribution in [2.24, 2.45) is 0 Å². The van der Waals surface area contributed by atoms with Crippen LogP contribution in [0, 0.1) is 0 Å². The fourth-order valence-electron chi connectivity index (χ4n) is 2.38. The molecule has 110 valence electrons. The minimum atomic E-state index is 0.0859. The lowest BCUT2D eigenvalue weighted by atomic mass is 10.1. The number of rotatable bonds is 2. The molecule has 0 radical (unpaired) electrons. The molecular weight excluding hydrogens is 342 g/mol. The number of phenolic OH excluding ortho intramolecular Hbond substituents is 1. The van der Waals surface area contributed by atoms with E-state index in [1.807, 2.05) is 19.9 Å². The molecule has 1 aromatic rings. The zero-order valence-corrected chi connectivity index (χ0v) is 14.1. The van der Waals surface area contributed by atoms with E-state index in [0.717, 1.165) is 23.6 Å². The van der Waals surface area contributed by atoms with Gasteiger partial charge in [0.1, 0.15) is 4.99 Å². The molecule has 4 nitrogen and oxygen atoms in total. The van der Waals surface area contributed by atoms with Crippen molar-refractivity contribution >= 4 is 33.1 Å². The van der Waals surface area contributed by atoms with E-state index in [-0.39, 0.29) is 18.0 Å². The lowest BCUT2D eigenvalue weighted by molar-refractivity contribution is -0.0472. The Balaban J connectivity index is 2.27. The van der Waals surface area contributed by atoms with E-state index >= 15 is 0 Å². The summed E-state index contributed by atoms with van der Waals surface area (Å²) < 4.78 is 11.5. The van der Waals surface area contributed by atoms with Gasteiger partial charge >= 0.3 is 0 Å². The number of hydrogen-bond acceptors (Lipinski definition) is 4. The van der Waals surface area contributed by atoms with E-state index < -0.39 is 0 Å². The molecule has 20 heavy (non-hydrogen) atoms. The summed E-state index contributed by atoms with van der Waals surface area (Å²) in [6.45, 7) is 5.62. The van der Waals surface area contributed by atoms with Crippen LogP contribution in [-0.2, 0) is 4.74 Å². The number of ether oxygens (including phenoxy) is 2. The molecule has 1 aliphatic rings. The zero-order valence-electron chi connectivity index (χ0n) is 11.7. The first-order valence-electron chi connectivity index (χ1n) is 6.43. The minimum absolute atomic E-state index is 0.0859. The molecule has 1 aliphatic heterocycles. The molecule has 1 N–H and O–H groups in total. The van der Waals surface area contributed by atoms with Crippen LogP contribution in [0.1, 0.15) is 19.4 Å². The van der Waals surface area contributed by atoms with Crippen LogP contribution in [0.3, 0.4) is 0 Å². The number of nitrogens with zero attached hydrogens (tertiary/aromatic N) is 1. The Hall–Kier alpha value is -0.850. The molecule has 0 bridgehead atoms. The van der Waals surface area contributed by atoms with Gasteiger partial charge in [-0.1, -0.05) is 12.2 Å². The van der Waals surface area contributed by atoms with Gasteiger partial charge in [0.2, 0.25) is 0 Å². The number of benzene rings is 1. The number of halogens is 1. The molecule has 0 amide bonds. The molecule has 1 fully saturated rings.